The average Bonchev–Trinajstić information content (AvgIpc) is 2.57. The van der Waals surface area contributed by atoms with Crippen molar-refractivity contribution in [2.45, 2.75) is 19.9 Å². The highest BCUT2D eigenvalue weighted by molar-refractivity contribution is 5.28. The zero-order valence-corrected chi connectivity index (χ0v) is 9.31. The highest BCUT2D eigenvalue weighted by Gasteiger charge is 2.11. The fourth-order valence-corrected chi connectivity index (χ4v) is 1.77. The first-order valence-corrected chi connectivity index (χ1v) is 5.14. The van der Waals surface area contributed by atoms with Crippen molar-refractivity contribution in [3.8, 4) is 0 Å². The standard InChI is InChI=1S/C12H14FN3/c1-8-7-16(12(14)15-8)9(2)10-4-3-5-11(13)6-10/h3-7,9H,1-2H3,(H2,14,15). The number of rotatable bonds is 2. The lowest BCUT2D eigenvalue weighted by Gasteiger charge is -2.14. The van der Waals surface area contributed by atoms with E-state index in [4.69, 9.17) is 5.73 Å². The first-order valence-electron chi connectivity index (χ1n) is 5.14. The topological polar surface area (TPSA) is 43.8 Å². The van der Waals surface area contributed by atoms with Gasteiger partial charge >= 0.3 is 0 Å². The summed E-state index contributed by atoms with van der Waals surface area (Å²) < 4.78 is 14.9. The second-order valence-electron chi connectivity index (χ2n) is 3.88. The van der Waals surface area contributed by atoms with Crippen LogP contribution in [0.3, 0.4) is 0 Å². The third kappa shape index (κ3) is 1.91. The number of aryl methyl sites for hydroxylation is 1. The molecule has 1 aromatic heterocycles. The summed E-state index contributed by atoms with van der Waals surface area (Å²) in [6, 6.07) is 6.50. The van der Waals surface area contributed by atoms with E-state index >= 15 is 0 Å². The second kappa shape index (κ2) is 3.96. The van der Waals surface area contributed by atoms with Gasteiger partial charge in [-0.3, -0.25) is 0 Å². The van der Waals surface area contributed by atoms with Crippen LogP contribution in [-0.4, -0.2) is 9.55 Å². The Morgan fingerprint density at radius 1 is 1.44 bits per heavy atom. The van der Waals surface area contributed by atoms with Crippen LogP contribution >= 0.6 is 0 Å². The summed E-state index contributed by atoms with van der Waals surface area (Å²) >= 11 is 0. The van der Waals surface area contributed by atoms with Gasteiger partial charge in [0.05, 0.1) is 11.7 Å². The Balaban J connectivity index is 2.38. The maximum atomic E-state index is 13.1. The lowest BCUT2D eigenvalue weighted by Crippen LogP contribution is -2.09. The van der Waals surface area contributed by atoms with Crippen LogP contribution in [0.4, 0.5) is 10.3 Å². The van der Waals surface area contributed by atoms with E-state index in [2.05, 4.69) is 4.98 Å². The largest absolute Gasteiger partial charge is 0.369 e. The van der Waals surface area contributed by atoms with E-state index in [0.717, 1.165) is 11.3 Å². The predicted octanol–water partition coefficient (Wildman–Crippen LogP) is 2.52. The van der Waals surface area contributed by atoms with E-state index in [9.17, 15) is 4.39 Å². The molecule has 0 aliphatic heterocycles. The first kappa shape index (κ1) is 10.7. The third-order valence-electron chi connectivity index (χ3n) is 2.63. The van der Waals surface area contributed by atoms with E-state index in [0.29, 0.717) is 5.95 Å². The Hall–Kier alpha value is -1.84. The summed E-state index contributed by atoms with van der Waals surface area (Å²) in [5, 5.41) is 0. The van der Waals surface area contributed by atoms with Crippen LogP contribution < -0.4 is 5.73 Å². The Morgan fingerprint density at radius 2 is 2.19 bits per heavy atom. The molecule has 1 unspecified atom stereocenters. The minimum Gasteiger partial charge on any atom is -0.369 e. The Kier molecular flexibility index (Phi) is 2.64. The van der Waals surface area contributed by atoms with Gasteiger partial charge in [0.25, 0.3) is 0 Å². The van der Waals surface area contributed by atoms with Gasteiger partial charge in [-0.05, 0) is 31.5 Å². The van der Waals surface area contributed by atoms with Crippen molar-refractivity contribution in [2.24, 2.45) is 0 Å². The molecule has 0 amide bonds. The molecule has 0 aliphatic rings. The van der Waals surface area contributed by atoms with E-state index < -0.39 is 0 Å². The van der Waals surface area contributed by atoms with Crippen LogP contribution in [0.25, 0.3) is 0 Å². The zero-order valence-electron chi connectivity index (χ0n) is 9.31. The monoisotopic (exact) mass is 219 g/mol. The first-order chi connectivity index (χ1) is 7.58. The molecule has 0 fully saturated rings. The normalized spacial score (nSPS) is 12.7. The van der Waals surface area contributed by atoms with E-state index in [-0.39, 0.29) is 11.9 Å². The van der Waals surface area contributed by atoms with Gasteiger partial charge in [0.15, 0.2) is 0 Å². The number of imidazole rings is 1. The molecule has 84 valence electrons. The molecule has 0 saturated heterocycles. The highest BCUT2D eigenvalue weighted by Crippen LogP contribution is 2.21. The van der Waals surface area contributed by atoms with Crippen LogP contribution in [0.1, 0.15) is 24.2 Å². The minimum absolute atomic E-state index is 0.0168. The Morgan fingerprint density at radius 3 is 2.75 bits per heavy atom. The number of hydrogen-bond acceptors (Lipinski definition) is 2. The van der Waals surface area contributed by atoms with Gasteiger partial charge in [0.1, 0.15) is 5.82 Å². The molecule has 0 bridgehead atoms. The van der Waals surface area contributed by atoms with Crippen molar-refractivity contribution in [3.63, 3.8) is 0 Å². The number of nitrogens with zero attached hydrogens (tertiary/aromatic N) is 2. The van der Waals surface area contributed by atoms with Gasteiger partial charge < -0.3 is 10.3 Å². The fraction of sp³-hybridized carbons (Fsp3) is 0.250. The van der Waals surface area contributed by atoms with Crippen LogP contribution in [-0.2, 0) is 0 Å². The van der Waals surface area contributed by atoms with Crippen molar-refractivity contribution in [1.29, 1.82) is 0 Å². The van der Waals surface area contributed by atoms with Crippen molar-refractivity contribution in [1.82, 2.24) is 9.55 Å². The molecule has 3 nitrogen and oxygen atoms in total. The smallest absolute Gasteiger partial charge is 0.200 e. The van der Waals surface area contributed by atoms with Gasteiger partial charge in [-0.2, -0.15) is 0 Å². The van der Waals surface area contributed by atoms with Crippen molar-refractivity contribution in [3.05, 3.63) is 47.5 Å². The number of halogens is 1. The summed E-state index contributed by atoms with van der Waals surface area (Å²) in [5.41, 5.74) is 7.52. The maximum absolute atomic E-state index is 13.1. The lowest BCUT2D eigenvalue weighted by atomic mass is 10.1. The summed E-state index contributed by atoms with van der Waals surface area (Å²) in [6.45, 7) is 3.84. The lowest BCUT2D eigenvalue weighted by molar-refractivity contribution is 0.607. The molecule has 0 radical (unpaired) electrons. The number of hydrogen-bond donors (Lipinski definition) is 1. The number of anilines is 1. The molecular formula is C12H14FN3. The maximum Gasteiger partial charge on any atom is 0.200 e. The third-order valence-corrected chi connectivity index (χ3v) is 2.63. The van der Waals surface area contributed by atoms with Crippen LogP contribution in [0.5, 0.6) is 0 Å². The van der Waals surface area contributed by atoms with Gasteiger partial charge in [-0.15, -0.1) is 0 Å². The SMILES string of the molecule is Cc1cn(C(C)c2cccc(F)c2)c(N)n1. The Bertz CT molecular complexity index is 505. The van der Waals surface area contributed by atoms with Gasteiger partial charge in [-0.25, -0.2) is 9.37 Å². The zero-order chi connectivity index (χ0) is 11.7. The van der Waals surface area contributed by atoms with Crippen molar-refractivity contribution < 1.29 is 4.39 Å². The van der Waals surface area contributed by atoms with Crippen molar-refractivity contribution in [2.75, 3.05) is 5.73 Å². The summed E-state index contributed by atoms with van der Waals surface area (Å²) in [4.78, 5) is 4.13. The molecule has 1 heterocycles. The quantitative estimate of drug-likeness (QED) is 0.843. The summed E-state index contributed by atoms with van der Waals surface area (Å²) in [5.74, 6) is 0.217. The predicted molar refractivity (Wildman–Crippen MR) is 61.6 cm³/mol. The van der Waals surface area contributed by atoms with Gasteiger partial charge in [0, 0.05) is 6.20 Å². The average molecular weight is 219 g/mol. The molecule has 0 spiro atoms. The molecule has 0 saturated carbocycles. The number of nitrogen functional groups attached to an aromatic ring is 1. The van der Waals surface area contributed by atoms with Gasteiger partial charge in [-0.1, -0.05) is 12.1 Å². The molecule has 2 rings (SSSR count). The molecule has 0 aliphatic carbocycles. The van der Waals surface area contributed by atoms with Gasteiger partial charge in [0.2, 0.25) is 5.95 Å². The van der Waals surface area contributed by atoms with E-state index in [1.807, 2.05) is 30.7 Å². The van der Waals surface area contributed by atoms with E-state index in [1.54, 1.807) is 6.07 Å². The molecule has 1 atom stereocenters. The highest BCUT2D eigenvalue weighted by atomic mass is 19.1. The molecule has 1 aromatic carbocycles. The molecule has 4 heteroatoms. The van der Waals surface area contributed by atoms with Crippen molar-refractivity contribution >= 4 is 5.95 Å². The minimum atomic E-state index is -0.236. The molecule has 16 heavy (non-hydrogen) atoms. The molecule has 2 N–H and O–H groups in total. The summed E-state index contributed by atoms with van der Waals surface area (Å²) in [6.07, 6.45) is 1.87. The fourth-order valence-electron chi connectivity index (χ4n) is 1.77. The molecule has 2 aromatic rings. The van der Waals surface area contributed by atoms with Crippen LogP contribution in [0.15, 0.2) is 30.5 Å². The number of nitrogens with two attached hydrogens (primary N) is 1. The number of aromatic nitrogens is 2. The number of benzene rings is 1. The summed E-state index contributed by atoms with van der Waals surface area (Å²) in [7, 11) is 0. The Labute approximate surface area is 93.7 Å². The van der Waals surface area contributed by atoms with E-state index in [1.165, 1.54) is 12.1 Å². The second-order valence-corrected chi connectivity index (χ2v) is 3.88. The molecular weight excluding hydrogens is 205 g/mol. The van der Waals surface area contributed by atoms with Crippen LogP contribution in [0, 0.1) is 12.7 Å². The van der Waals surface area contributed by atoms with Crippen LogP contribution in [0.2, 0.25) is 0 Å².